The van der Waals surface area contributed by atoms with Crippen LogP contribution < -0.4 is 0 Å². The van der Waals surface area contributed by atoms with Gasteiger partial charge in [-0.15, -0.1) is 0 Å². The lowest BCUT2D eigenvalue weighted by Gasteiger charge is -2.47. The average Bonchev–Trinajstić information content (AvgIpc) is 2.26. The van der Waals surface area contributed by atoms with Crippen LogP contribution in [0, 0.1) is 0 Å². The van der Waals surface area contributed by atoms with Crippen molar-refractivity contribution in [3.05, 3.63) is 0 Å². The van der Waals surface area contributed by atoms with Crippen LogP contribution in [0.1, 0.15) is 53.4 Å². The number of rotatable bonds is 2. The van der Waals surface area contributed by atoms with Crippen molar-refractivity contribution < 1.29 is 18.9 Å². The largest absolute Gasteiger partial charge is 0.413 e. The Morgan fingerprint density at radius 1 is 0.824 bits per heavy atom. The van der Waals surface area contributed by atoms with Crippen LogP contribution in [0.4, 0.5) is 0 Å². The zero-order valence-corrected chi connectivity index (χ0v) is 11.3. The van der Waals surface area contributed by atoms with Crippen molar-refractivity contribution in [2.45, 2.75) is 84.0 Å². The van der Waals surface area contributed by atoms with E-state index < -0.39 is 6.16 Å². The molecule has 4 nitrogen and oxygen atoms in total. The van der Waals surface area contributed by atoms with E-state index in [1.54, 1.807) is 0 Å². The molecule has 2 aliphatic rings. The molecule has 17 heavy (non-hydrogen) atoms. The summed E-state index contributed by atoms with van der Waals surface area (Å²) in [6, 6.07) is 0. The molecule has 0 aromatic heterocycles. The van der Waals surface area contributed by atoms with Crippen LogP contribution >= 0.6 is 0 Å². The summed E-state index contributed by atoms with van der Waals surface area (Å²) in [5, 5.41) is 0. The summed E-state index contributed by atoms with van der Waals surface area (Å²) >= 11 is 0. The Morgan fingerprint density at radius 3 is 1.59 bits per heavy atom. The SMILES string of the molecule is CCC1CC(C)OC2(OC(C)CC(CC)O2)O1. The molecule has 0 bridgehead atoms. The quantitative estimate of drug-likeness (QED) is 0.748. The second kappa shape index (κ2) is 5.22. The molecule has 0 aromatic carbocycles. The van der Waals surface area contributed by atoms with Crippen molar-refractivity contribution in [1.82, 2.24) is 0 Å². The van der Waals surface area contributed by atoms with Crippen LogP contribution in [0.5, 0.6) is 0 Å². The summed E-state index contributed by atoms with van der Waals surface area (Å²) in [6.07, 6.45) is 2.97. The van der Waals surface area contributed by atoms with Crippen molar-refractivity contribution in [3.8, 4) is 0 Å². The third-order valence-corrected chi connectivity index (χ3v) is 3.41. The molecule has 1 spiro atoms. The van der Waals surface area contributed by atoms with Gasteiger partial charge in [0, 0.05) is 12.8 Å². The lowest BCUT2D eigenvalue weighted by atomic mass is 10.1. The van der Waals surface area contributed by atoms with Crippen LogP contribution in [-0.4, -0.2) is 30.6 Å². The number of hydrogen-bond acceptors (Lipinski definition) is 4. The lowest BCUT2D eigenvalue weighted by Crippen LogP contribution is -2.57. The Labute approximate surface area is 104 Å². The molecule has 4 unspecified atom stereocenters. The third kappa shape index (κ3) is 2.99. The minimum absolute atomic E-state index is 0.108. The first-order valence-electron chi connectivity index (χ1n) is 6.78. The summed E-state index contributed by atoms with van der Waals surface area (Å²) in [7, 11) is 0. The Balaban J connectivity index is 2.10. The predicted molar refractivity (Wildman–Crippen MR) is 63.4 cm³/mol. The minimum Gasteiger partial charge on any atom is -0.300 e. The molecular formula is C13H24O4. The summed E-state index contributed by atoms with van der Waals surface area (Å²) < 4.78 is 23.3. The molecule has 0 radical (unpaired) electrons. The molecular weight excluding hydrogens is 220 g/mol. The van der Waals surface area contributed by atoms with Crippen LogP contribution in [0.25, 0.3) is 0 Å². The molecule has 2 fully saturated rings. The van der Waals surface area contributed by atoms with Gasteiger partial charge in [-0.2, -0.15) is 0 Å². The highest BCUT2D eigenvalue weighted by Gasteiger charge is 2.49. The van der Waals surface area contributed by atoms with Crippen LogP contribution in [0.2, 0.25) is 0 Å². The summed E-state index contributed by atoms with van der Waals surface area (Å²) in [4.78, 5) is 0. The fraction of sp³-hybridized carbons (Fsp3) is 1.00. The van der Waals surface area contributed by atoms with Gasteiger partial charge in [0.05, 0.1) is 24.4 Å². The van der Waals surface area contributed by atoms with Gasteiger partial charge < -0.3 is 9.47 Å². The van der Waals surface area contributed by atoms with Gasteiger partial charge in [0.15, 0.2) is 0 Å². The highest BCUT2D eigenvalue weighted by Crippen LogP contribution is 2.37. The van der Waals surface area contributed by atoms with Gasteiger partial charge in [-0.25, -0.2) is 0 Å². The second-order valence-electron chi connectivity index (χ2n) is 5.12. The molecule has 100 valence electrons. The first-order valence-corrected chi connectivity index (χ1v) is 6.78. The zero-order chi connectivity index (χ0) is 12.5. The van der Waals surface area contributed by atoms with E-state index in [0.29, 0.717) is 0 Å². The Bertz CT molecular complexity index is 230. The molecule has 4 heteroatoms. The highest BCUT2D eigenvalue weighted by molar-refractivity contribution is 4.75. The molecule has 2 aliphatic heterocycles. The highest BCUT2D eigenvalue weighted by atomic mass is 17.0. The molecule has 0 amide bonds. The van der Waals surface area contributed by atoms with Gasteiger partial charge in [0.2, 0.25) is 0 Å². The zero-order valence-electron chi connectivity index (χ0n) is 11.3. The Morgan fingerprint density at radius 2 is 1.24 bits per heavy atom. The molecule has 2 heterocycles. The average molecular weight is 244 g/mol. The summed E-state index contributed by atoms with van der Waals surface area (Å²) in [5.74, 6) is 0. The maximum Gasteiger partial charge on any atom is 0.413 e. The lowest BCUT2D eigenvalue weighted by molar-refractivity contribution is -0.562. The maximum absolute atomic E-state index is 5.87. The van der Waals surface area contributed by atoms with Gasteiger partial charge in [-0.05, 0) is 26.7 Å². The summed E-state index contributed by atoms with van der Waals surface area (Å²) in [6.45, 7) is 8.31. The molecule has 0 aliphatic carbocycles. The van der Waals surface area contributed by atoms with Crippen molar-refractivity contribution in [2.75, 3.05) is 0 Å². The summed E-state index contributed by atoms with van der Waals surface area (Å²) in [5.41, 5.74) is 0. The van der Waals surface area contributed by atoms with Crippen molar-refractivity contribution in [3.63, 3.8) is 0 Å². The maximum atomic E-state index is 5.87. The van der Waals surface area contributed by atoms with Crippen LogP contribution in [0.15, 0.2) is 0 Å². The Hall–Kier alpha value is -0.160. The molecule has 4 atom stereocenters. The predicted octanol–water partition coefficient (Wildman–Crippen LogP) is 2.81. The van der Waals surface area contributed by atoms with E-state index in [1.807, 2.05) is 13.8 Å². The number of hydrogen-bond donors (Lipinski definition) is 0. The fourth-order valence-electron chi connectivity index (χ4n) is 2.50. The molecule has 2 rings (SSSR count). The second-order valence-corrected chi connectivity index (χ2v) is 5.12. The van der Waals surface area contributed by atoms with E-state index in [-0.39, 0.29) is 24.4 Å². The van der Waals surface area contributed by atoms with Crippen molar-refractivity contribution >= 4 is 0 Å². The molecule has 0 aromatic rings. The monoisotopic (exact) mass is 244 g/mol. The minimum atomic E-state index is -1.25. The first-order chi connectivity index (χ1) is 8.07. The van der Waals surface area contributed by atoms with Gasteiger partial charge >= 0.3 is 6.16 Å². The third-order valence-electron chi connectivity index (χ3n) is 3.41. The van der Waals surface area contributed by atoms with E-state index in [4.69, 9.17) is 18.9 Å². The van der Waals surface area contributed by atoms with E-state index >= 15 is 0 Å². The fourth-order valence-corrected chi connectivity index (χ4v) is 2.50. The van der Waals surface area contributed by atoms with Crippen molar-refractivity contribution in [1.29, 1.82) is 0 Å². The number of ether oxygens (including phenoxy) is 4. The first kappa shape index (κ1) is 13.3. The molecule has 2 saturated heterocycles. The van der Waals surface area contributed by atoms with Crippen molar-refractivity contribution in [2.24, 2.45) is 0 Å². The molecule has 0 N–H and O–H groups in total. The van der Waals surface area contributed by atoms with Gasteiger partial charge in [0.25, 0.3) is 0 Å². The van der Waals surface area contributed by atoms with E-state index in [2.05, 4.69) is 13.8 Å². The normalized spacial score (nSPS) is 47.3. The molecule has 0 saturated carbocycles. The Kier molecular flexibility index (Phi) is 4.08. The topological polar surface area (TPSA) is 36.9 Å². The van der Waals surface area contributed by atoms with Crippen LogP contribution in [-0.2, 0) is 18.9 Å². The van der Waals surface area contributed by atoms with Gasteiger partial charge in [-0.1, -0.05) is 13.8 Å². The standard InChI is InChI=1S/C13H24O4/c1-5-11-7-9(3)14-13(16-11)15-10(4)8-12(6-2)17-13/h9-12H,5-8H2,1-4H3. The van der Waals surface area contributed by atoms with E-state index in [1.165, 1.54) is 0 Å². The van der Waals surface area contributed by atoms with Gasteiger partial charge in [-0.3, -0.25) is 9.47 Å². The van der Waals surface area contributed by atoms with E-state index in [9.17, 15) is 0 Å². The van der Waals surface area contributed by atoms with Crippen LogP contribution in [0.3, 0.4) is 0 Å². The smallest absolute Gasteiger partial charge is 0.300 e. The van der Waals surface area contributed by atoms with Gasteiger partial charge in [0.1, 0.15) is 0 Å². The van der Waals surface area contributed by atoms with E-state index in [0.717, 1.165) is 25.7 Å².